The fourth-order valence-electron chi connectivity index (χ4n) is 1.06. The van der Waals surface area contributed by atoms with Crippen LogP contribution in [0.1, 0.15) is 32.3 Å². The molecule has 0 bridgehead atoms. The Morgan fingerprint density at radius 3 is 2.00 bits per heavy atom. The molecule has 0 aromatic carbocycles. The number of aryl methyl sites for hydroxylation is 1. The summed E-state index contributed by atoms with van der Waals surface area (Å²) in [7, 11) is 2.02. The Balaban J connectivity index is 3.28. The van der Waals surface area contributed by atoms with Gasteiger partial charge in [0.1, 0.15) is 10.4 Å². The van der Waals surface area contributed by atoms with Gasteiger partial charge in [-0.2, -0.15) is 0 Å². The lowest BCUT2D eigenvalue weighted by Gasteiger charge is -2.15. The van der Waals surface area contributed by atoms with Crippen LogP contribution in [0.4, 0.5) is 0 Å². The van der Waals surface area contributed by atoms with Gasteiger partial charge in [0.15, 0.2) is 0 Å². The van der Waals surface area contributed by atoms with E-state index in [0.29, 0.717) is 0 Å². The molecule has 0 N–H and O–H groups in total. The van der Waals surface area contributed by atoms with E-state index in [1.165, 1.54) is 0 Å². The maximum atomic E-state index is 4.50. The van der Waals surface area contributed by atoms with Crippen molar-refractivity contribution in [3.8, 4) is 0 Å². The van der Waals surface area contributed by atoms with Gasteiger partial charge in [0.05, 0.1) is 5.69 Å². The third-order valence-corrected chi connectivity index (χ3v) is 2.87. The van der Waals surface area contributed by atoms with Crippen LogP contribution in [0.25, 0.3) is 0 Å². The molecule has 2 nitrogen and oxygen atoms in total. The first-order valence-corrected chi connectivity index (χ1v) is 4.82. The van der Waals surface area contributed by atoms with Crippen LogP contribution in [0.5, 0.6) is 0 Å². The highest BCUT2D eigenvalue weighted by molar-refractivity contribution is 9.10. The van der Waals surface area contributed by atoms with Crippen molar-refractivity contribution in [3.05, 3.63) is 16.1 Å². The summed E-state index contributed by atoms with van der Waals surface area (Å²) in [6.45, 7) is 8.51. The molecule has 0 aliphatic carbocycles. The van der Waals surface area contributed by atoms with Crippen LogP contribution in [0, 0.1) is 6.92 Å². The number of aromatic nitrogens is 2. The van der Waals surface area contributed by atoms with E-state index in [4.69, 9.17) is 0 Å². The average molecular weight is 231 g/mol. The highest BCUT2D eigenvalue weighted by Crippen LogP contribution is 2.28. The van der Waals surface area contributed by atoms with E-state index in [9.17, 15) is 0 Å². The van der Waals surface area contributed by atoms with Crippen molar-refractivity contribution in [2.75, 3.05) is 0 Å². The normalized spacial score (nSPS) is 12.2. The van der Waals surface area contributed by atoms with Crippen LogP contribution in [0.2, 0.25) is 0 Å². The van der Waals surface area contributed by atoms with Crippen LogP contribution in [0.3, 0.4) is 0 Å². The second-order valence-electron chi connectivity index (χ2n) is 4.11. The van der Waals surface area contributed by atoms with Gasteiger partial charge >= 0.3 is 0 Å². The topological polar surface area (TPSA) is 17.8 Å². The van der Waals surface area contributed by atoms with E-state index in [0.717, 1.165) is 16.1 Å². The summed E-state index contributed by atoms with van der Waals surface area (Å²) in [5, 5.41) is 0. The lowest BCUT2D eigenvalue weighted by atomic mass is 9.93. The summed E-state index contributed by atoms with van der Waals surface area (Å²) in [4.78, 5) is 4.50. The molecular weight excluding hydrogens is 216 g/mol. The van der Waals surface area contributed by atoms with Gasteiger partial charge in [-0.25, -0.2) is 4.98 Å². The Bertz CT molecular complexity index is 294. The van der Waals surface area contributed by atoms with E-state index in [1.807, 2.05) is 14.0 Å². The first-order chi connectivity index (χ1) is 5.34. The van der Waals surface area contributed by atoms with E-state index in [-0.39, 0.29) is 5.41 Å². The Morgan fingerprint density at radius 2 is 1.83 bits per heavy atom. The predicted molar refractivity (Wildman–Crippen MR) is 54.3 cm³/mol. The van der Waals surface area contributed by atoms with E-state index in [1.54, 1.807) is 0 Å². The lowest BCUT2D eigenvalue weighted by Crippen LogP contribution is -2.12. The highest BCUT2D eigenvalue weighted by atomic mass is 79.9. The molecule has 0 saturated carbocycles. The fourth-order valence-corrected chi connectivity index (χ4v) is 2.00. The second kappa shape index (κ2) is 2.87. The molecule has 3 heteroatoms. The first-order valence-electron chi connectivity index (χ1n) is 4.03. The zero-order valence-electron chi connectivity index (χ0n) is 8.27. The molecular formula is C9H15BrN2. The fraction of sp³-hybridized carbons (Fsp3) is 0.667. The van der Waals surface area contributed by atoms with Crippen molar-refractivity contribution in [3.63, 3.8) is 0 Å². The predicted octanol–water partition coefficient (Wildman–Crippen LogP) is 2.79. The van der Waals surface area contributed by atoms with E-state index >= 15 is 0 Å². The molecule has 0 saturated heterocycles. The molecule has 0 amide bonds. The summed E-state index contributed by atoms with van der Waals surface area (Å²) in [5.41, 5.74) is 1.24. The van der Waals surface area contributed by atoms with Gasteiger partial charge in [0, 0.05) is 12.5 Å². The maximum absolute atomic E-state index is 4.50. The molecule has 0 unspecified atom stereocenters. The van der Waals surface area contributed by atoms with Gasteiger partial charge in [-0.3, -0.25) is 0 Å². The standard InChI is InChI=1S/C9H15BrN2/c1-6-11-7(9(2,3)4)8(10)12(6)5/h1-5H3. The molecule has 68 valence electrons. The maximum Gasteiger partial charge on any atom is 0.108 e. The van der Waals surface area contributed by atoms with Crippen molar-refractivity contribution in [1.82, 2.24) is 9.55 Å². The summed E-state index contributed by atoms with van der Waals surface area (Å²) in [6.07, 6.45) is 0. The molecule has 0 spiro atoms. The summed E-state index contributed by atoms with van der Waals surface area (Å²) >= 11 is 3.54. The first kappa shape index (κ1) is 9.78. The molecule has 1 heterocycles. The largest absolute Gasteiger partial charge is 0.326 e. The average Bonchev–Trinajstić information content (AvgIpc) is 2.15. The molecule has 1 aromatic rings. The minimum atomic E-state index is 0.116. The molecule has 0 fully saturated rings. The van der Waals surface area contributed by atoms with Crippen molar-refractivity contribution in [2.24, 2.45) is 7.05 Å². The number of hydrogen-bond acceptors (Lipinski definition) is 1. The van der Waals surface area contributed by atoms with Crippen molar-refractivity contribution in [1.29, 1.82) is 0 Å². The van der Waals surface area contributed by atoms with Gasteiger partial charge < -0.3 is 4.57 Å². The van der Waals surface area contributed by atoms with Gasteiger partial charge in [0.25, 0.3) is 0 Å². The summed E-state index contributed by atoms with van der Waals surface area (Å²) in [5.74, 6) is 1.05. The minimum Gasteiger partial charge on any atom is -0.326 e. The molecule has 0 radical (unpaired) electrons. The van der Waals surface area contributed by atoms with Gasteiger partial charge in [0.2, 0.25) is 0 Å². The quantitative estimate of drug-likeness (QED) is 0.671. The van der Waals surface area contributed by atoms with Crippen LogP contribution >= 0.6 is 15.9 Å². The third kappa shape index (κ3) is 1.56. The second-order valence-corrected chi connectivity index (χ2v) is 4.86. The molecule has 12 heavy (non-hydrogen) atoms. The number of hydrogen-bond donors (Lipinski definition) is 0. The molecule has 0 atom stereocenters. The highest BCUT2D eigenvalue weighted by Gasteiger charge is 2.22. The van der Waals surface area contributed by atoms with E-state index in [2.05, 4.69) is 46.3 Å². The van der Waals surface area contributed by atoms with Crippen LogP contribution < -0.4 is 0 Å². The summed E-state index contributed by atoms with van der Waals surface area (Å²) in [6, 6.07) is 0. The van der Waals surface area contributed by atoms with Gasteiger partial charge in [-0.15, -0.1) is 0 Å². The zero-order chi connectivity index (χ0) is 9.52. The number of nitrogens with zero attached hydrogens (tertiary/aromatic N) is 2. The molecule has 0 aliphatic heterocycles. The van der Waals surface area contributed by atoms with Crippen molar-refractivity contribution in [2.45, 2.75) is 33.1 Å². The molecule has 0 aliphatic rings. The zero-order valence-corrected chi connectivity index (χ0v) is 9.86. The van der Waals surface area contributed by atoms with Crippen molar-refractivity contribution < 1.29 is 0 Å². The molecule has 1 aromatic heterocycles. The van der Waals surface area contributed by atoms with Gasteiger partial charge in [-0.1, -0.05) is 20.8 Å². The lowest BCUT2D eigenvalue weighted by molar-refractivity contribution is 0.567. The Kier molecular flexibility index (Phi) is 2.34. The van der Waals surface area contributed by atoms with E-state index < -0.39 is 0 Å². The molecule has 1 rings (SSSR count). The van der Waals surface area contributed by atoms with Gasteiger partial charge in [-0.05, 0) is 22.9 Å². The SMILES string of the molecule is Cc1nc(C(C)(C)C)c(Br)n1C. The third-order valence-electron chi connectivity index (χ3n) is 1.96. The number of halogens is 1. The van der Waals surface area contributed by atoms with Crippen LogP contribution in [-0.2, 0) is 12.5 Å². The smallest absolute Gasteiger partial charge is 0.108 e. The number of rotatable bonds is 0. The van der Waals surface area contributed by atoms with Crippen molar-refractivity contribution >= 4 is 15.9 Å². The monoisotopic (exact) mass is 230 g/mol. The number of imidazole rings is 1. The minimum absolute atomic E-state index is 0.116. The Morgan fingerprint density at radius 1 is 1.33 bits per heavy atom. The van der Waals surface area contributed by atoms with Crippen LogP contribution in [0.15, 0.2) is 4.60 Å². The Hall–Kier alpha value is -0.310. The van der Waals surface area contributed by atoms with Crippen LogP contribution in [-0.4, -0.2) is 9.55 Å². The Labute approximate surface area is 82.1 Å². The summed E-state index contributed by atoms with van der Waals surface area (Å²) < 4.78 is 3.15.